The number of nitrogens with zero attached hydrogens (tertiary/aromatic N) is 1. The first kappa shape index (κ1) is 14.5. The third-order valence-electron chi connectivity index (χ3n) is 4.25. The second-order valence-electron chi connectivity index (χ2n) is 6.12. The van der Waals surface area contributed by atoms with Crippen LogP contribution in [-0.2, 0) is 11.2 Å². The topological polar surface area (TPSA) is 38.8 Å². The van der Waals surface area contributed by atoms with Crippen molar-refractivity contribution < 1.29 is 14.3 Å². The summed E-state index contributed by atoms with van der Waals surface area (Å²) >= 11 is 0. The predicted molar refractivity (Wildman–Crippen MR) is 81.0 cm³/mol. The third-order valence-corrected chi connectivity index (χ3v) is 4.25. The van der Waals surface area contributed by atoms with Crippen LogP contribution >= 0.6 is 0 Å². The molecule has 1 fully saturated rings. The molecule has 2 heterocycles. The van der Waals surface area contributed by atoms with Gasteiger partial charge in [-0.15, -0.1) is 0 Å². The molecule has 1 saturated heterocycles. The van der Waals surface area contributed by atoms with Gasteiger partial charge >= 0.3 is 0 Å². The maximum atomic E-state index is 12.4. The number of ketones is 1. The van der Waals surface area contributed by atoms with E-state index in [1.165, 1.54) is 6.42 Å². The Bertz CT molecular complexity index is 509. The predicted octanol–water partition coefficient (Wildman–Crippen LogP) is 2.16. The standard InChI is InChI=1S/C17H23NO3/c1-18(10-13-3-2-7-20-12-13)11-16(19)14-4-5-17-15(9-14)6-8-21-17/h4-5,9,13H,2-3,6-8,10-12H2,1H3. The zero-order valence-electron chi connectivity index (χ0n) is 12.6. The molecule has 4 heteroatoms. The Hall–Kier alpha value is -1.39. The summed E-state index contributed by atoms with van der Waals surface area (Å²) in [6.45, 7) is 3.84. The van der Waals surface area contributed by atoms with Crippen LogP contribution in [0, 0.1) is 5.92 Å². The van der Waals surface area contributed by atoms with Crippen LogP contribution in [0.2, 0.25) is 0 Å². The highest BCUT2D eigenvalue weighted by Crippen LogP contribution is 2.26. The molecule has 0 bridgehead atoms. The fourth-order valence-corrected chi connectivity index (χ4v) is 3.15. The lowest BCUT2D eigenvalue weighted by molar-refractivity contribution is 0.0416. The van der Waals surface area contributed by atoms with E-state index in [2.05, 4.69) is 4.90 Å². The minimum absolute atomic E-state index is 0.184. The van der Waals surface area contributed by atoms with Crippen LogP contribution in [0.5, 0.6) is 5.75 Å². The lowest BCUT2D eigenvalue weighted by atomic mass is 10.0. The Morgan fingerprint density at radius 3 is 3.10 bits per heavy atom. The zero-order valence-corrected chi connectivity index (χ0v) is 12.6. The van der Waals surface area contributed by atoms with Crippen molar-refractivity contribution in [3.8, 4) is 5.75 Å². The largest absolute Gasteiger partial charge is 0.493 e. The lowest BCUT2D eigenvalue weighted by Crippen LogP contribution is -2.34. The number of carbonyl (C=O) groups is 1. The Morgan fingerprint density at radius 2 is 2.29 bits per heavy atom. The fourth-order valence-electron chi connectivity index (χ4n) is 3.15. The van der Waals surface area contributed by atoms with Crippen LogP contribution in [0.25, 0.3) is 0 Å². The van der Waals surface area contributed by atoms with Gasteiger partial charge in [-0.2, -0.15) is 0 Å². The molecule has 0 amide bonds. The lowest BCUT2D eigenvalue weighted by Gasteiger charge is -2.26. The summed E-state index contributed by atoms with van der Waals surface area (Å²) in [6, 6.07) is 5.79. The van der Waals surface area contributed by atoms with E-state index in [0.717, 1.165) is 56.1 Å². The van der Waals surface area contributed by atoms with Gasteiger partial charge in [-0.05, 0) is 49.6 Å². The fraction of sp³-hybridized carbons (Fsp3) is 0.588. The van der Waals surface area contributed by atoms with Gasteiger partial charge in [0.15, 0.2) is 5.78 Å². The van der Waals surface area contributed by atoms with Gasteiger partial charge in [0.1, 0.15) is 5.75 Å². The Labute approximate surface area is 126 Å². The summed E-state index contributed by atoms with van der Waals surface area (Å²) in [6.07, 6.45) is 3.25. The van der Waals surface area contributed by atoms with Crippen LogP contribution in [0.15, 0.2) is 18.2 Å². The number of carbonyl (C=O) groups excluding carboxylic acids is 1. The molecule has 0 spiro atoms. The summed E-state index contributed by atoms with van der Waals surface area (Å²) < 4.78 is 11.0. The number of fused-ring (bicyclic) bond motifs is 1. The summed E-state index contributed by atoms with van der Waals surface area (Å²) in [5, 5.41) is 0. The van der Waals surface area contributed by atoms with Crippen molar-refractivity contribution in [3.63, 3.8) is 0 Å². The van der Waals surface area contributed by atoms with Gasteiger partial charge in [-0.3, -0.25) is 9.69 Å². The van der Waals surface area contributed by atoms with E-state index in [9.17, 15) is 4.79 Å². The Balaban J connectivity index is 1.55. The second-order valence-corrected chi connectivity index (χ2v) is 6.12. The van der Waals surface area contributed by atoms with Gasteiger partial charge in [0, 0.05) is 25.1 Å². The molecule has 0 aromatic heterocycles. The Morgan fingerprint density at radius 1 is 1.38 bits per heavy atom. The van der Waals surface area contributed by atoms with Crippen molar-refractivity contribution in [2.45, 2.75) is 19.3 Å². The van der Waals surface area contributed by atoms with E-state index in [1.807, 2.05) is 25.2 Å². The average Bonchev–Trinajstić information content (AvgIpc) is 2.95. The van der Waals surface area contributed by atoms with Crippen LogP contribution in [0.1, 0.15) is 28.8 Å². The van der Waals surface area contributed by atoms with Gasteiger partial charge in [0.2, 0.25) is 0 Å². The highest BCUT2D eigenvalue weighted by atomic mass is 16.5. The van der Waals surface area contributed by atoms with Gasteiger partial charge in [-0.1, -0.05) is 0 Å². The first-order valence-corrected chi connectivity index (χ1v) is 7.77. The van der Waals surface area contributed by atoms with Crippen LogP contribution < -0.4 is 4.74 Å². The molecule has 1 aromatic rings. The van der Waals surface area contributed by atoms with Crippen molar-refractivity contribution in [2.24, 2.45) is 5.92 Å². The Kier molecular flexibility index (Phi) is 4.56. The summed E-state index contributed by atoms with van der Waals surface area (Å²) in [4.78, 5) is 14.5. The molecule has 1 unspecified atom stereocenters. The monoisotopic (exact) mass is 289 g/mol. The normalized spacial score (nSPS) is 21.1. The number of benzene rings is 1. The van der Waals surface area contributed by atoms with Crippen LogP contribution in [-0.4, -0.2) is 50.6 Å². The first-order chi connectivity index (χ1) is 10.2. The summed E-state index contributed by atoms with van der Waals surface area (Å²) in [5.74, 6) is 1.67. The number of hydrogen-bond acceptors (Lipinski definition) is 4. The number of likely N-dealkylation sites (N-methyl/N-ethyl adjacent to an activating group) is 1. The number of rotatable bonds is 5. The molecule has 3 rings (SSSR count). The highest BCUT2D eigenvalue weighted by Gasteiger charge is 2.19. The average molecular weight is 289 g/mol. The van der Waals surface area contributed by atoms with E-state index in [4.69, 9.17) is 9.47 Å². The van der Waals surface area contributed by atoms with Crippen molar-refractivity contribution >= 4 is 5.78 Å². The van der Waals surface area contributed by atoms with Gasteiger partial charge in [-0.25, -0.2) is 0 Å². The third kappa shape index (κ3) is 3.63. The molecule has 1 aromatic carbocycles. The molecular weight excluding hydrogens is 266 g/mol. The smallest absolute Gasteiger partial charge is 0.176 e. The maximum absolute atomic E-state index is 12.4. The highest BCUT2D eigenvalue weighted by molar-refractivity contribution is 5.98. The van der Waals surface area contributed by atoms with E-state index >= 15 is 0 Å². The van der Waals surface area contributed by atoms with E-state index in [0.29, 0.717) is 12.5 Å². The SMILES string of the molecule is CN(CC(=O)c1ccc2c(c1)CCO2)CC1CCCOC1. The molecule has 0 saturated carbocycles. The minimum atomic E-state index is 0.184. The van der Waals surface area contributed by atoms with Crippen molar-refractivity contribution in [1.82, 2.24) is 4.90 Å². The van der Waals surface area contributed by atoms with E-state index in [1.54, 1.807) is 0 Å². The molecule has 0 N–H and O–H groups in total. The molecule has 2 aliphatic heterocycles. The zero-order chi connectivity index (χ0) is 14.7. The van der Waals surface area contributed by atoms with Crippen LogP contribution in [0.4, 0.5) is 0 Å². The molecule has 21 heavy (non-hydrogen) atoms. The molecular formula is C17H23NO3. The number of Topliss-reactive ketones (excluding diaryl/α,β-unsaturated/α-hetero) is 1. The van der Waals surface area contributed by atoms with E-state index < -0.39 is 0 Å². The molecule has 0 radical (unpaired) electrons. The second kappa shape index (κ2) is 6.58. The summed E-state index contributed by atoms with van der Waals surface area (Å²) in [5.41, 5.74) is 1.95. The molecule has 0 aliphatic carbocycles. The quantitative estimate of drug-likeness (QED) is 0.779. The molecule has 114 valence electrons. The molecule has 1 atom stereocenters. The van der Waals surface area contributed by atoms with Gasteiger partial charge in [0.25, 0.3) is 0 Å². The first-order valence-electron chi connectivity index (χ1n) is 7.77. The number of ether oxygens (including phenoxy) is 2. The van der Waals surface area contributed by atoms with Gasteiger partial charge in [0.05, 0.1) is 19.8 Å². The van der Waals surface area contributed by atoms with Crippen molar-refractivity contribution in [2.75, 3.05) is 40.0 Å². The molecule has 4 nitrogen and oxygen atoms in total. The van der Waals surface area contributed by atoms with Crippen molar-refractivity contribution in [1.29, 1.82) is 0 Å². The van der Waals surface area contributed by atoms with Gasteiger partial charge < -0.3 is 9.47 Å². The van der Waals surface area contributed by atoms with Crippen molar-refractivity contribution in [3.05, 3.63) is 29.3 Å². The van der Waals surface area contributed by atoms with Crippen LogP contribution in [0.3, 0.4) is 0 Å². The maximum Gasteiger partial charge on any atom is 0.176 e. The number of hydrogen-bond donors (Lipinski definition) is 0. The van der Waals surface area contributed by atoms with E-state index in [-0.39, 0.29) is 5.78 Å². The minimum Gasteiger partial charge on any atom is -0.493 e. The molecule has 2 aliphatic rings. The summed E-state index contributed by atoms with van der Waals surface area (Å²) in [7, 11) is 2.02.